The fourth-order valence-electron chi connectivity index (χ4n) is 3.90. The van der Waals surface area contributed by atoms with Gasteiger partial charge in [0.1, 0.15) is 0 Å². The summed E-state index contributed by atoms with van der Waals surface area (Å²) >= 11 is 0. The van der Waals surface area contributed by atoms with E-state index in [0.717, 1.165) is 25.2 Å². The summed E-state index contributed by atoms with van der Waals surface area (Å²) in [6, 6.07) is 0.157. The van der Waals surface area contributed by atoms with Gasteiger partial charge in [-0.2, -0.15) is 5.10 Å². The Bertz CT molecular complexity index is 471. The van der Waals surface area contributed by atoms with Crippen molar-refractivity contribution in [3.63, 3.8) is 0 Å². The number of fused-ring (bicyclic) bond motifs is 1. The molecule has 6 heteroatoms. The Labute approximate surface area is 119 Å². The molecule has 3 N–H and O–H groups in total. The van der Waals surface area contributed by atoms with Crippen LogP contribution in [-0.4, -0.2) is 63.8 Å². The number of aliphatic hydroxyl groups excluding tert-OH is 2. The zero-order valence-corrected chi connectivity index (χ0v) is 12.2. The average molecular weight is 280 g/mol. The maximum atomic E-state index is 9.80. The second-order valence-electron chi connectivity index (χ2n) is 6.22. The van der Waals surface area contributed by atoms with Crippen molar-refractivity contribution < 1.29 is 10.2 Å². The second-order valence-corrected chi connectivity index (χ2v) is 6.22. The first-order valence-electron chi connectivity index (χ1n) is 7.34. The van der Waals surface area contributed by atoms with Crippen LogP contribution in [0.1, 0.15) is 18.5 Å². The molecule has 0 radical (unpaired) electrons. The van der Waals surface area contributed by atoms with Crippen molar-refractivity contribution in [2.75, 3.05) is 33.4 Å². The summed E-state index contributed by atoms with van der Waals surface area (Å²) in [6.07, 6.45) is 3.97. The van der Waals surface area contributed by atoms with E-state index in [2.05, 4.69) is 35.5 Å². The lowest BCUT2D eigenvalue weighted by Gasteiger charge is -2.32. The number of nitrogens with zero attached hydrogens (tertiary/aromatic N) is 3. The standard InChI is InChI=1S/C14H24N4O2/c1-3-18-5-10(4-15-18)13-11-6-17(2)7-12(11)14(8-19,9-20)16-13/h4-5,11-13,16,19-20H,3,6-9H2,1-2H3/t11-,12+,13-/m1/s1. The summed E-state index contributed by atoms with van der Waals surface area (Å²) in [6.45, 7) is 4.76. The predicted octanol–water partition coefficient (Wildman–Crippen LogP) is -0.551. The third-order valence-electron chi connectivity index (χ3n) is 5.03. The Morgan fingerprint density at radius 1 is 1.40 bits per heavy atom. The van der Waals surface area contributed by atoms with Crippen molar-refractivity contribution in [2.45, 2.75) is 25.0 Å². The maximum Gasteiger partial charge on any atom is 0.0697 e. The van der Waals surface area contributed by atoms with Gasteiger partial charge in [-0.3, -0.25) is 10.00 Å². The predicted molar refractivity (Wildman–Crippen MR) is 75.2 cm³/mol. The van der Waals surface area contributed by atoms with Gasteiger partial charge in [-0.05, 0) is 19.9 Å². The van der Waals surface area contributed by atoms with Gasteiger partial charge >= 0.3 is 0 Å². The number of nitrogens with one attached hydrogen (secondary N) is 1. The Morgan fingerprint density at radius 3 is 2.75 bits per heavy atom. The van der Waals surface area contributed by atoms with Crippen LogP contribution >= 0.6 is 0 Å². The first-order chi connectivity index (χ1) is 9.63. The summed E-state index contributed by atoms with van der Waals surface area (Å²) < 4.78 is 1.92. The summed E-state index contributed by atoms with van der Waals surface area (Å²) in [5.74, 6) is 0.686. The monoisotopic (exact) mass is 280 g/mol. The molecule has 1 aromatic rings. The number of aromatic nitrogens is 2. The maximum absolute atomic E-state index is 9.80. The molecule has 3 atom stereocenters. The first kappa shape index (κ1) is 14.0. The Hall–Kier alpha value is -0.950. The van der Waals surface area contributed by atoms with Crippen molar-refractivity contribution in [2.24, 2.45) is 11.8 Å². The molecule has 0 spiro atoms. The Kier molecular flexibility index (Phi) is 3.58. The molecule has 20 heavy (non-hydrogen) atoms. The van der Waals surface area contributed by atoms with Crippen LogP contribution in [0, 0.1) is 11.8 Å². The fraction of sp³-hybridized carbons (Fsp3) is 0.786. The molecule has 2 aliphatic rings. The molecule has 0 saturated carbocycles. The van der Waals surface area contributed by atoms with Gasteiger partial charge in [0.2, 0.25) is 0 Å². The quantitative estimate of drug-likeness (QED) is 0.690. The summed E-state index contributed by atoms with van der Waals surface area (Å²) in [5.41, 5.74) is 0.579. The molecule has 6 nitrogen and oxygen atoms in total. The van der Waals surface area contributed by atoms with E-state index in [1.165, 1.54) is 0 Å². The molecule has 0 aromatic carbocycles. The summed E-state index contributed by atoms with van der Waals surface area (Å²) in [5, 5.41) is 27.5. The lowest BCUT2D eigenvalue weighted by molar-refractivity contribution is 0.0677. The summed E-state index contributed by atoms with van der Waals surface area (Å²) in [7, 11) is 2.10. The van der Waals surface area contributed by atoms with Gasteiger partial charge < -0.3 is 15.1 Å². The van der Waals surface area contributed by atoms with Crippen LogP contribution < -0.4 is 5.32 Å². The highest BCUT2D eigenvalue weighted by Crippen LogP contribution is 2.46. The molecule has 2 aliphatic heterocycles. The lowest BCUT2D eigenvalue weighted by atomic mass is 9.81. The van der Waals surface area contributed by atoms with Gasteiger partial charge in [0, 0.05) is 43.4 Å². The number of aryl methyl sites for hydroxylation is 1. The molecule has 2 fully saturated rings. The molecule has 3 heterocycles. The van der Waals surface area contributed by atoms with Gasteiger partial charge in [0.05, 0.1) is 24.9 Å². The van der Waals surface area contributed by atoms with Crippen molar-refractivity contribution in [1.29, 1.82) is 0 Å². The lowest BCUT2D eigenvalue weighted by Crippen LogP contribution is -2.53. The minimum Gasteiger partial charge on any atom is -0.394 e. The number of aliphatic hydroxyl groups is 2. The van der Waals surface area contributed by atoms with Crippen LogP contribution in [-0.2, 0) is 6.54 Å². The van der Waals surface area contributed by atoms with E-state index in [1.807, 2.05) is 10.9 Å². The number of hydrogen-bond donors (Lipinski definition) is 3. The van der Waals surface area contributed by atoms with E-state index < -0.39 is 5.54 Å². The van der Waals surface area contributed by atoms with Crippen molar-refractivity contribution in [1.82, 2.24) is 20.0 Å². The normalized spacial score (nSPS) is 32.7. The summed E-state index contributed by atoms with van der Waals surface area (Å²) in [4.78, 5) is 2.29. The minimum absolute atomic E-state index is 0.0308. The highest BCUT2D eigenvalue weighted by atomic mass is 16.3. The third-order valence-corrected chi connectivity index (χ3v) is 5.03. The van der Waals surface area contributed by atoms with Crippen LogP contribution in [0.5, 0.6) is 0 Å². The smallest absolute Gasteiger partial charge is 0.0697 e. The highest BCUT2D eigenvalue weighted by Gasteiger charge is 2.56. The topological polar surface area (TPSA) is 73.6 Å². The van der Waals surface area contributed by atoms with Crippen LogP contribution in [0.15, 0.2) is 12.4 Å². The van der Waals surface area contributed by atoms with Crippen LogP contribution in [0.4, 0.5) is 0 Å². The average Bonchev–Trinajstić information content (AvgIpc) is 3.12. The number of likely N-dealkylation sites (tertiary alicyclic amines) is 1. The zero-order valence-electron chi connectivity index (χ0n) is 12.2. The molecular formula is C14H24N4O2. The zero-order chi connectivity index (χ0) is 14.3. The van der Waals surface area contributed by atoms with Crippen LogP contribution in [0.25, 0.3) is 0 Å². The second kappa shape index (κ2) is 5.11. The molecular weight excluding hydrogens is 256 g/mol. The van der Waals surface area contributed by atoms with E-state index in [0.29, 0.717) is 5.92 Å². The SMILES string of the molecule is CCn1cc([C@H]2NC(CO)(CO)[C@H]3CN(C)C[C@@H]23)cn1. The van der Waals surface area contributed by atoms with Gasteiger partial charge in [0.25, 0.3) is 0 Å². The van der Waals surface area contributed by atoms with E-state index >= 15 is 0 Å². The van der Waals surface area contributed by atoms with Gasteiger partial charge in [-0.15, -0.1) is 0 Å². The van der Waals surface area contributed by atoms with Crippen molar-refractivity contribution in [3.8, 4) is 0 Å². The van der Waals surface area contributed by atoms with Crippen molar-refractivity contribution in [3.05, 3.63) is 18.0 Å². The molecule has 0 amide bonds. The first-order valence-corrected chi connectivity index (χ1v) is 7.34. The molecule has 3 rings (SSSR count). The Morgan fingerprint density at radius 2 is 2.15 bits per heavy atom. The molecule has 1 aromatic heterocycles. The number of rotatable bonds is 4. The van der Waals surface area contributed by atoms with E-state index in [4.69, 9.17) is 0 Å². The van der Waals surface area contributed by atoms with Crippen LogP contribution in [0.3, 0.4) is 0 Å². The molecule has 0 bridgehead atoms. The molecule has 112 valence electrons. The fourth-order valence-corrected chi connectivity index (χ4v) is 3.90. The van der Waals surface area contributed by atoms with E-state index in [-0.39, 0.29) is 25.2 Å². The highest BCUT2D eigenvalue weighted by molar-refractivity contribution is 5.22. The van der Waals surface area contributed by atoms with Gasteiger partial charge in [0.15, 0.2) is 0 Å². The number of hydrogen-bond acceptors (Lipinski definition) is 5. The van der Waals surface area contributed by atoms with Crippen LogP contribution in [0.2, 0.25) is 0 Å². The molecule has 2 saturated heterocycles. The molecule has 0 aliphatic carbocycles. The molecule has 0 unspecified atom stereocenters. The van der Waals surface area contributed by atoms with Gasteiger partial charge in [-0.25, -0.2) is 0 Å². The van der Waals surface area contributed by atoms with Crippen molar-refractivity contribution >= 4 is 0 Å². The Balaban J connectivity index is 1.92. The van der Waals surface area contributed by atoms with Gasteiger partial charge in [-0.1, -0.05) is 0 Å². The van der Waals surface area contributed by atoms with E-state index in [9.17, 15) is 10.2 Å². The van der Waals surface area contributed by atoms with E-state index in [1.54, 1.807) is 0 Å². The minimum atomic E-state index is -0.575. The third kappa shape index (κ3) is 1.98. The largest absolute Gasteiger partial charge is 0.394 e.